The van der Waals surface area contributed by atoms with Crippen molar-refractivity contribution in [1.29, 1.82) is 0 Å². The van der Waals surface area contributed by atoms with Crippen LogP contribution in [0.1, 0.15) is 39.5 Å². The summed E-state index contributed by atoms with van der Waals surface area (Å²) >= 11 is 0. The van der Waals surface area contributed by atoms with Crippen LogP contribution in [0.25, 0.3) is 0 Å². The first kappa shape index (κ1) is 10.3. The van der Waals surface area contributed by atoms with Crippen LogP contribution in [0.4, 0.5) is 0 Å². The summed E-state index contributed by atoms with van der Waals surface area (Å²) in [6.45, 7) is 3.65. The lowest BCUT2D eigenvalue weighted by molar-refractivity contribution is -0.149. The van der Waals surface area contributed by atoms with E-state index in [-0.39, 0.29) is 12.1 Å². The highest BCUT2D eigenvalue weighted by Crippen LogP contribution is 2.21. The summed E-state index contributed by atoms with van der Waals surface area (Å²) in [7, 11) is 0. The van der Waals surface area contributed by atoms with E-state index in [9.17, 15) is 4.79 Å². The second-order valence-corrected chi connectivity index (χ2v) is 3.75. The molecule has 0 aromatic carbocycles. The van der Waals surface area contributed by atoms with E-state index < -0.39 is 0 Å². The number of hydrogen-bond acceptors (Lipinski definition) is 2. The highest BCUT2D eigenvalue weighted by Gasteiger charge is 2.19. The topological polar surface area (TPSA) is 26.3 Å². The average Bonchev–Trinajstić information content (AvgIpc) is 2.04. The normalized spacial score (nSPS) is 29.1. The van der Waals surface area contributed by atoms with Gasteiger partial charge >= 0.3 is 5.97 Å². The quantitative estimate of drug-likeness (QED) is 0.460. The first-order chi connectivity index (χ1) is 6.20. The number of esters is 1. The first-order valence-electron chi connectivity index (χ1n) is 5.02. The maximum absolute atomic E-state index is 10.8. The molecule has 2 unspecified atom stereocenters. The highest BCUT2D eigenvalue weighted by atomic mass is 16.5. The smallest absolute Gasteiger partial charge is 0.302 e. The Kier molecular flexibility index (Phi) is 4.00. The molecule has 1 rings (SSSR count). The molecule has 0 aromatic heterocycles. The molecule has 0 fully saturated rings. The molecule has 0 aromatic rings. The van der Waals surface area contributed by atoms with Crippen LogP contribution in [-0.2, 0) is 9.53 Å². The predicted octanol–water partition coefficient (Wildman–Crippen LogP) is 2.68. The van der Waals surface area contributed by atoms with Crippen molar-refractivity contribution in [2.24, 2.45) is 5.92 Å². The summed E-state index contributed by atoms with van der Waals surface area (Å²) in [4.78, 5) is 10.8. The van der Waals surface area contributed by atoms with E-state index in [1.807, 2.05) is 0 Å². The third kappa shape index (κ3) is 3.62. The van der Waals surface area contributed by atoms with Crippen molar-refractivity contribution in [3.8, 4) is 0 Å². The van der Waals surface area contributed by atoms with Crippen molar-refractivity contribution in [2.75, 3.05) is 0 Å². The van der Waals surface area contributed by atoms with E-state index in [1.54, 1.807) is 0 Å². The zero-order valence-electron chi connectivity index (χ0n) is 8.45. The van der Waals surface area contributed by atoms with Gasteiger partial charge < -0.3 is 4.74 Å². The number of carbonyl (C=O) groups excluding carboxylic acids is 1. The molecule has 0 N–H and O–H groups in total. The van der Waals surface area contributed by atoms with Crippen LogP contribution in [-0.4, -0.2) is 12.1 Å². The molecular weight excluding hydrogens is 164 g/mol. The van der Waals surface area contributed by atoms with Crippen LogP contribution in [0, 0.1) is 5.92 Å². The van der Waals surface area contributed by atoms with Crippen LogP contribution in [0.2, 0.25) is 0 Å². The lowest BCUT2D eigenvalue weighted by atomic mass is 9.93. The number of carbonyl (C=O) groups is 1. The van der Waals surface area contributed by atoms with Gasteiger partial charge in [0.2, 0.25) is 0 Å². The fourth-order valence-electron chi connectivity index (χ4n) is 1.71. The Bertz CT molecular complexity index is 196. The van der Waals surface area contributed by atoms with Gasteiger partial charge in [0.1, 0.15) is 6.10 Å². The molecule has 0 spiro atoms. The van der Waals surface area contributed by atoms with Crippen molar-refractivity contribution in [1.82, 2.24) is 0 Å². The Morgan fingerprint density at radius 1 is 1.31 bits per heavy atom. The molecule has 0 bridgehead atoms. The van der Waals surface area contributed by atoms with E-state index in [1.165, 1.54) is 6.92 Å². The highest BCUT2D eigenvalue weighted by molar-refractivity contribution is 5.66. The minimum absolute atomic E-state index is 0.127. The van der Waals surface area contributed by atoms with E-state index in [2.05, 4.69) is 19.1 Å². The Morgan fingerprint density at radius 2 is 1.92 bits per heavy atom. The minimum atomic E-state index is -0.151. The molecule has 2 heteroatoms. The third-order valence-corrected chi connectivity index (χ3v) is 2.53. The molecular formula is C11H18O2. The Balaban J connectivity index is 2.48. The maximum Gasteiger partial charge on any atom is 0.302 e. The lowest BCUT2D eigenvalue weighted by Gasteiger charge is -2.24. The van der Waals surface area contributed by atoms with E-state index in [4.69, 9.17) is 4.74 Å². The molecule has 13 heavy (non-hydrogen) atoms. The molecule has 2 atom stereocenters. The maximum atomic E-state index is 10.8. The summed E-state index contributed by atoms with van der Waals surface area (Å²) in [5.41, 5.74) is 0. The van der Waals surface area contributed by atoms with Crippen LogP contribution in [0.15, 0.2) is 12.2 Å². The molecule has 0 saturated heterocycles. The largest absolute Gasteiger partial charge is 0.462 e. The first-order valence-corrected chi connectivity index (χ1v) is 5.02. The summed E-state index contributed by atoms with van der Waals surface area (Å²) in [6, 6.07) is 0. The molecule has 2 nitrogen and oxygen atoms in total. The molecule has 1 aliphatic rings. The lowest BCUT2D eigenvalue weighted by Crippen LogP contribution is -2.24. The molecule has 0 amide bonds. The number of allylic oxidation sites excluding steroid dienone is 2. The van der Waals surface area contributed by atoms with E-state index >= 15 is 0 Å². The number of rotatable bonds is 1. The van der Waals surface area contributed by atoms with E-state index in [0.717, 1.165) is 25.7 Å². The van der Waals surface area contributed by atoms with Crippen molar-refractivity contribution < 1.29 is 9.53 Å². The van der Waals surface area contributed by atoms with Gasteiger partial charge in [-0.3, -0.25) is 4.79 Å². The Labute approximate surface area is 80.0 Å². The van der Waals surface area contributed by atoms with Gasteiger partial charge in [0.05, 0.1) is 0 Å². The van der Waals surface area contributed by atoms with Crippen LogP contribution >= 0.6 is 0 Å². The zero-order valence-corrected chi connectivity index (χ0v) is 8.45. The predicted molar refractivity (Wildman–Crippen MR) is 52.3 cm³/mol. The van der Waals surface area contributed by atoms with Gasteiger partial charge in [0.25, 0.3) is 0 Å². The summed E-state index contributed by atoms with van der Waals surface area (Å²) < 4.78 is 5.27. The van der Waals surface area contributed by atoms with E-state index in [0.29, 0.717) is 5.92 Å². The molecule has 0 aliphatic heterocycles. The van der Waals surface area contributed by atoms with Crippen LogP contribution in [0.3, 0.4) is 0 Å². The van der Waals surface area contributed by atoms with Gasteiger partial charge in [-0.2, -0.15) is 0 Å². The Morgan fingerprint density at radius 3 is 2.54 bits per heavy atom. The van der Waals surface area contributed by atoms with Gasteiger partial charge in [-0.25, -0.2) is 0 Å². The summed E-state index contributed by atoms with van der Waals surface area (Å²) in [6.07, 6.45) is 8.76. The third-order valence-electron chi connectivity index (χ3n) is 2.53. The molecule has 0 heterocycles. The zero-order chi connectivity index (χ0) is 9.68. The number of ether oxygens (including phenoxy) is 1. The van der Waals surface area contributed by atoms with Crippen LogP contribution < -0.4 is 0 Å². The van der Waals surface area contributed by atoms with Crippen molar-refractivity contribution in [2.45, 2.75) is 45.6 Å². The van der Waals surface area contributed by atoms with Gasteiger partial charge in [0.15, 0.2) is 0 Å². The molecule has 1 aliphatic carbocycles. The van der Waals surface area contributed by atoms with Gasteiger partial charge in [-0.05, 0) is 31.6 Å². The fraction of sp³-hybridized carbons (Fsp3) is 0.727. The second kappa shape index (κ2) is 5.05. The minimum Gasteiger partial charge on any atom is -0.462 e. The molecule has 0 saturated carbocycles. The second-order valence-electron chi connectivity index (χ2n) is 3.75. The molecule has 0 radical (unpaired) electrons. The Hall–Kier alpha value is -0.790. The van der Waals surface area contributed by atoms with Gasteiger partial charge in [-0.15, -0.1) is 0 Å². The number of hydrogen-bond donors (Lipinski definition) is 0. The van der Waals surface area contributed by atoms with Crippen LogP contribution in [0.5, 0.6) is 0 Å². The standard InChI is InChI=1S/C11H18O2/c1-9-7-5-3-4-6-8-11(9)13-10(2)12/h3-4,9,11H,5-8H2,1-2H3. The monoisotopic (exact) mass is 182 g/mol. The van der Waals surface area contributed by atoms with Gasteiger partial charge in [0, 0.05) is 6.92 Å². The summed E-state index contributed by atoms with van der Waals surface area (Å²) in [5.74, 6) is 0.343. The van der Waals surface area contributed by atoms with Gasteiger partial charge in [-0.1, -0.05) is 19.1 Å². The van der Waals surface area contributed by atoms with Crippen molar-refractivity contribution in [3.63, 3.8) is 0 Å². The summed E-state index contributed by atoms with van der Waals surface area (Å²) in [5, 5.41) is 0. The van der Waals surface area contributed by atoms with Crippen molar-refractivity contribution >= 4 is 5.97 Å². The average molecular weight is 182 g/mol. The fourth-order valence-corrected chi connectivity index (χ4v) is 1.71. The molecule has 74 valence electrons. The SMILES string of the molecule is CC(=O)OC1CCC=CCCC1C. The van der Waals surface area contributed by atoms with Crippen molar-refractivity contribution in [3.05, 3.63) is 12.2 Å².